The minimum Gasteiger partial charge on any atom is -0.467 e. The Morgan fingerprint density at radius 2 is 1.54 bits per heavy atom. The van der Waals surface area contributed by atoms with Crippen molar-refractivity contribution in [1.29, 1.82) is 0 Å². The molecule has 24 heavy (non-hydrogen) atoms. The lowest BCUT2D eigenvalue weighted by Gasteiger charge is -2.38. The number of likely N-dealkylation sites (tertiary alicyclic amines) is 1. The minimum absolute atomic E-state index is 0.0535. The molecular formula is C17H21NO6. The second-order valence-corrected chi connectivity index (χ2v) is 5.46. The molecule has 1 fully saturated rings. The van der Waals surface area contributed by atoms with Crippen LogP contribution < -0.4 is 0 Å². The van der Waals surface area contributed by atoms with Crippen LogP contribution in [0.15, 0.2) is 30.3 Å². The first-order valence-electron chi connectivity index (χ1n) is 7.73. The smallest absolute Gasteiger partial charge is 0.411 e. The van der Waals surface area contributed by atoms with Crippen molar-refractivity contribution in [1.82, 2.24) is 4.90 Å². The van der Waals surface area contributed by atoms with Gasteiger partial charge in [-0.3, -0.25) is 4.90 Å². The highest BCUT2D eigenvalue weighted by Gasteiger charge is 2.43. The van der Waals surface area contributed by atoms with Crippen LogP contribution in [0.5, 0.6) is 0 Å². The first kappa shape index (κ1) is 17.8. The van der Waals surface area contributed by atoms with Gasteiger partial charge in [-0.15, -0.1) is 0 Å². The standard InChI is InChI=1S/C17H21NO6/c1-22-15(19)13-9-6-10-14(16(20)23-2)18(13)17(21)24-11-12-7-4-3-5-8-12/h3-5,7-8,13-14H,6,9-11H2,1-2H3/t13-,14+. The summed E-state index contributed by atoms with van der Waals surface area (Å²) in [5.41, 5.74) is 0.812. The second kappa shape index (κ2) is 8.33. The van der Waals surface area contributed by atoms with Crippen LogP contribution in [-0.2, 0) is 30.4 Å². The van der Waals surface area contributed by atoms with Crippen LogP contribution >= 0.6 is 0 Å². The highest BCUT2D eigenvalue weighted by atomic mass is 16.6. The lowest BCUT2D eigenvalue weighted by atomic mass is 9.96. The van der Waals surface area contributed by atoms with Gasteiger partial charge in [-0.05, 0) is 24.8 Å². The average Bonchev–Trinajstić information content (AvgIpc) is 2.64. The molecule has 0 bridgehead atoms. The Bertz CT molecular complexity index is 564. The van der Waals surface area contributed by atoms with Crippen LogP contribution in [0.1, 0.15) is 24.8 Å². The number of esters is 2. The van der Waals surface area contributed by atoms with Crippen LogP contribution in [0, 0.1) is 0 Å². The molecule has 0 radical (unpaired) electrons. The highest BCUT2D eigenvalue weighted by Crippen LogP contribution is 2.26. The van der Waals surface area contributed by atoms with Crippen molar-refractivity contribution in [3.8, 4) is 0 Å². The van der Waals surface area contributed by atoms with E-state index in [1.165, 1.54) is 14.2 Å². The number of ether oxygens (including phenoxy) is 3. The van der Waals surface area contributed by atoms with Crippen LogP contribution in [0.4, 0.5) is 4.79 Å². The van der Waals surface area contributed by atoms with Crippen molar-refractivity contribution in [3.63, 3.8) is 0 Å². The molecular weight excluding hydrogens is 314 g/mol. The molecule has 1 amide bonds. The van der Waals surface area contributed by atoms with E-state index >= 15 is 0 Å². The summed E-state index contributed by atoms with van der Waals surface area (Å²) in [7, 11) is 2.50. The van der Waals surface area contributed by atoms with Gasteiger partial charge in [0.1, 0.15) is 18.7 Å². The molecule has 1 saturated heterocycles. The third-order valence-corrected chi connectivity index (χ3v) is 3.99. The molecule has 0 N–H and O–H groups in total. The number of hydrogen-bond donors (Lipinski definition) is 0. The van der Waals surface area contributed by atoms with Gasteiger partial charge < -0.3 is 14.2 Å². The Labute approximate surface area is 140 Å². The number of benzene rings is 1. The molecule has 7 heteroatoms. The molecule has 0 aliphatic carbocycles. The summed E-state index contributed by atoms with van der Waals surface area (Å²) >= 11 is 0. The third kappa shape index (κ3) is 4.04. The quantitative estimate of drug-likeness (QED) is 0.617. The number of piperidine rings is 1. The molecule has 1 aromatic carbocycles. The Balaban J connectivity index is 2.15. The van der Waals surface area contributed by atoms with E-state index in [1.807, 2.05) is 30.3 Å². The number of hydrogen-bond acceptors (Lipinski definition) is 6. The van der Waals surface area contributed by atoms with E-state index in [0.29, 0.717) is 19.3 Å². The van der Waals surface area contributed by atoms with E-state index in [0.717, 1.165) is 10.5 Å². The minimum atomic E-state index is -0.851. The summed E-state index contributed by atoms with van der Waals surface area (Å²) in [4.78, 5) is 37.6. The summed E-state index contributed by atoms with van der Waals surface area (Å²) in [6.45, 7) is 0.0535. The van der Waals surface area contributed by atoms with Crippen LogP contribution in [0.2, 0.25) is 0 Å². The molecule has 0 spiro atoms. The zero-order chi connectivity index (χ0) is 17.5. The maximum absolute atomic E-state index is 12.5. The number of rotatable bonds is 4. The first-order valence-corrected chi connectivity index (χ1v) is 7.73. The Morgan fingerprint density at radius 1 is 1.00 bits per heavy atom. The maximum Gasteiger partial charge on any atom is 0.411 e. The van der Waals surface area contributed by atoms with Crippen LogP contribution in [0.25, 0.3) is 0 Å². The fourth-order valence-electron chi connectivity index (χ4n) is 2.78. The topological polar surface area (TPSA) is 82.1 Å². The third-order valence-electron chi connectivity index (χ3n) is 3.99. The number of methoxy groups -OCH3 is 2. The summed E-state index contributed by atoms with van der Waals surface area (Å²) in [5, 5.41) is 0. The van der Waals surface area contributed by atoms with Crippen LogP contribution in [-0.4, -0.2) is 49.2 Å². The van der Waals surface area contributed by atoms with E-state index in [1.54, 1.807) is 0 Å². The Hall–Kier alpha value is -2.57. The zero-order valence-electron chi connectivity index (χ0n) is 13.8. The van der Waals surface area contributed by atoms with Gasteiger partial charge in [-0.25, -0.2) is 14.4 Å². The van der Waals surface area contributed by atoms with Gasteiger partial charge in [0, 0.05) is 0 Å². The lowest BCUT2D eigenvalue weighted by molar-refractivity contribution is -0.156. The molecule has 0 unspecified atom stereocenters. The largest absolute Gasteiger partial charge is 0.467 e. The average molecular weight is 335 g/mol. The van der Waals surface area contributed by atoms with E-state index in [9.17, 15) is 14.4 Å². The molecule has 1 aliphatic rings. The number of amides is 1. The predicted octanol–water partition coefficient (Wildman–Crippen LogP) is 1.89. The maximum atomic E-state index is 12.5. The predicted molar refractivity (Wildman–Crippen MR) is 83.9 cm³/mol. The van der Waals surface area contributed by atoms with Gasteiger partial charge >= 0.3 is 18.0 Å². The van der Waals surface area contributed by atoms with Gasteiger partial charge in [-0.1, -0.05) is 30.3 Å². The molecule has 0 saturated carbocycles. The van der Waals surface area contributed by atoms with E-state index in [-0.39, 0.29) is 6.61 Å². The Kier molecular flexibility index (Phi) is 6.17. The van der Waals surface area contributed by atoms with Crippen molar-refractivity contribution < 1.29 is 28.6 Å². The van der Waals surface area contributed by atoms with Crippen molar-refractivity contribution >= 4 is 18.0 Å². The summed E-state index contributed by atoms with van der Waals surface area (Å²) in [6, 6.07) is 7.46. The molecule has 1 aliphatic heterocycles. The summed E-state index contributed by atoms with van der Waals surface area (Å²) in [6.07, 6.45) is 0.716. The second-order valence-electron chi connectivity index (χ2n) is 5.46. The molecule has 1 heterocycles. The molecule has 1 aromatic rings. The summed E-state index contributed by atoms with van der Waals surface area (Å²) in [5.74, 6) is -1.14. The highest BCUT2D eigenvalue weighted by molar-refractivity contribution is 5.87. The first-order chi connectivity index (χ1) is 11.6. The molecule has 130 valence electrons. The lowest BCUT2D eigenvalue weighted by Crippen LogP contribution is -2.56. The van der Waals surface area contributed by atoms with Crippen molar-refractivity contribution in [2.24, 2.45) is 0 Å². The van der Waals surface area contributed by atoms with E-state index in [4.69, 9.17) is 14.2 Å². The van der Waals surface area contributed by atoms with Gasteiger partial charge in [0.15, 0.2) is 0 Å². The number of nitrogens with zero attached hydrogens (tertiary/aromatic N) is 1. The zero-order valence-corrected chi connectivity index (χ0v) is 13.8. The Morgan fingerprint density at radius 3 is 2.04 bits per heavy atom. The fourth-order valence-corrected chi connectivity index (χ4v) is 2.78. The monoisotopic (exact) mass is 335 g/mol. The van der Waals surface area contributed by atoms with Gasteiger partial charge in [0.2, 0.25) is 0 Å². The molecule has 2 rings (SSSR count). The van der Waals surface area contributed by atoms with Crippen molar-refractivity contribution in [2.75, 3.05) is 14.2 Å². The number of carbonyl (C=O) groups excluding carboxylic acids is 3. The van der Waals surface area contributed by atoms with Gasteiger partial charge in [-0.2, -0.15) is 0 Å². The van der Waals surface area contributed by atoms with Gasteiger partial charge in [0.05, 0.1) is 14.2 Å². The van der Waals surface area contributed by atoms with Crippen LogP contribution in [0.3, 0.4) is 0 Å². The summed E-state index contributed by atoms with van der Waals surface area (Å²) < 4.78 is 14.8. The van der Waals surface area contributed by atoms with E-state index < -0.39 is 30.1 Å². The molecule has 0 aromatic heterocycles. The normalized spacial score (nSPS) is 20.2. The fraction of sp³-hybridized carbons (Fsp3) is 0.471. The van der Waals surface area contributed by atoms with Crippen molar-refractivity contribution in [3.05, 3.63) is 35.9 Å². The van der Waals surface area contributed by atoms with Gasteiger partial charge in [0.25, 0.3) is 0 Å². The molecule has 2 atom stereocenters. The van der Waals surface area contributed by atoms with Crippen molar-refractivity contribution in [2.45, 2.75) is 38.0 Å². The molecule has 7 nitrogen and oxygen atoms in total. The van der Waals surface area contributed by atoms with E-state index in [2.05, 4.69) is 0 Å². The SMILES string of the molecule is COC(=O)[C@H]1CCC[C@@H](C(=O)OC)N1C(=O)OCc1ccccc1. The number of carbonyl (C=O) groups is 3.